The Morgan fingerprint density at radius 1 is 1.10 bits per heavy atom. The van der Waals surface area contributed by atoms with E-state index in [0.717, 1.165) is 33.6 Å². The minimum Gasteiger partial charge on any atom is -0.300 e. The van der Waals surface area contributed by atoms with E-state index in [-0.39, 0.29) is 0 Å². The highest BCUT2D eigenvalue weighted by molar-refractivity contribution is 14.1. The Kier molecular flexibility index (Phi) is 6.73. The molecule has 0 radical (unpaired) electrons. The van der Waals surface area contributed by atoms with Crippen LogP contribution in [0.3, 0.4) is 0 Å². The van der Waals surface area contributed by atoms with Crippen molar-refractivity contribution in [2.24, 2.45) is 23.7 Å². The predicted molar refractivity (Wildman–Crippen MR) is 111 cm³/mol. The van der Waals surface area contributed by atoms with E-state index in [4.69, 9.17) is 0 Å². The number of nitrogens with zero attached hydrogens (tertiary/aromatic N) is 1. The van der Waals surface area contributed by atoms with Crippen LogP contribution < -0.4 is 0 Å². The van der Waals surface area contributed by atoms with Gasteiger partial charge in [0.25, 0.3) is 0 Å². The first kappa shape index (κ1) is 18.8. The van der Waals surface area contributed by atoms with Crippen molar-refractivity contribution in [3.05, 3.63) is 0 Å². The highest BCUT2D eigenvalue weighted by Crippen LogP contribution is 2.46. The molecular weight excluding hydrogens is 484 g/mol. The van der Waals surface area contributed by atoms with E-state index >= 15 is 0 Å². The molecule has 0 N–H and O–H groups in total. The van der Waals surface area contributed by atoms with Gasteiger partial charge >= 0.3 is 0 Å². The number of halogens is 2. The lowest BCUT2D eigenvalue weighted by Crippen LogP contribution is -2.57. The van der Waals surface area contributed by atoms with Crippen LogP contribution in [0.5, 0.6) is 0 Å². The van der Waals surface area contributed by atoms with E-state index in [0.29, 0.717) is 3.42 Å². The van der Waals surface area contributed by atoms with Gasteiger partial charge in [0.15, 0.2) is 0 Å². The van der Waals surface area contributed by atoms with E-state index in [2.05, 4.69) is 84.7 Å². The second kappa shape index (κ2) is 7.54. The second-order valence-electron chi connectivity index (χ2n) is 8.21. The molecule has 4 unspecified atom stereocenters. The highest BCUT2D eigenvalue weighted by Gasteiger charge is 2.43. The van der Waals surface area contributed by atoms with Gasteiger partial charge in [-0.2, -0.15) is 0 Å². The molecule has 1 nitrogen and oxygen atoms in total. The summed E-state index contributed by atoms with van der Waals surface area (Å²) in [6.07, 6.45) is 5.86. The number of hydrogen-bond acceptors (Lipinski definition) is 1. The molecule has 21 heavy (non-hydrogen) atoms. The van der Waals surface area contributed by atoms with Crippen molar-refractivity contribution in [1.29, 1.82) is 0 Å². The summed E-state index contributed by atoms with van der Waals surface area (Å²) in [5, 5.41) is 0. The van der Waals surface area contributed by atoms with Crippen molar-refractivity contribution < 1.29 is 0 Å². The maximum absolute atomic E-state index is 2.78. The summed E-state index contributed by atoms with van der Waals surface area (Å²) < 4.78 is 1.35. The van der Waals surface area contributed by atoms with Crippen LogP contribution >= 0.6 is 45.2 Å². The van der Waals surface area contributed by atoms with Crippen molar-refractivity contribution in [1.82, 2.24) is 4.90 Å². The normalized spacial score (nSPS) is 33.7. The first-order valence-corrected chi connectivity index (χ1v) is 11.1. The van der Waals surface area contributed by atoms with Gasteiger partial charge in [0, 0.05) is 26.5 Å². The maximum atomic E-state index is 2.78. The molecule has 0 bridgehead atoms. The van der Waals surface area contributed by atoms with Crippen LogP contribution in [-0.2, 0) is 0 Å². The van der Waals surface area contributed by atoms with Crippen molar-refractivity contribution in [3.8, 4) is 0 Å². The van der Waals surface area contributed by atoms with Crippen LogP contribution in [0.2, 0.25) is 0 Å². The number of alkyl halides is 2. The van der Waals surface area contributed by atoms with E-state index in [9.17, 15) is 0 Å². The maximum Gasteiger partial charge on any atom is 0.0249 e. The van der Waals surface area contributed by atoms with Gasteiger partial charge in [0.05, 0.1) is 0 Å². The van der Waals surface area contributed by atoms with Gasteiger partial charge in [-0.25, -0.2) is 0 Å². The molecule has 0 aromatic rings. The quantitative estimate of drug-likeness (QED) is 0.319. The molecule has 1 heterocycles. The van der Waals surface area contributed by atoms with Crippen LogP contribution in [0.4, 0.5) is 0 Å². The van der Waals surface area contributed by atoms with E-state index in [1.165, 1.54) is 38.8 Å². The zero-order valence-electron chi connectivity index (χ0n) is 14.4. The molecule has 2 rings (SSSR count). The van der Waals surface area contributed by atoms with Crippen LogP contribution in [0.1, 0.15) is 60.3 Å². The molecular formula is C18H33I2N. The smallest absolute Gasteiger partial charge is 0.0249 e. The largest absolute Gasteiger partial charge is 0.300 e. The van der Waals surface area contributed by atoms with Crippen LogP contribution in [0.15, 0.2) is 0 Å². The molecule has 1 saturated heterocycles. The monoisotopic (exact) mass is 517 g/mol. The lowest BCUT2D eigenvalue weighted by Gasteiger charge is -2.49. The topological polar surface area (TPSA) is 3.24 Å². The summed E-state index contributed by atoms with van der Waals surface area (Å²) >= 11 is 5.41. The molecule has 1 aliphatic carbocycles. The number of likely N-dealkylation sites (tertiary alicyclic amines) is 1. The number of rotatable bonds is 6. The average molecular weight is 517 g/mol. The Bertz CT molecular complexity index is 334. The van der Waals surface area contributed by atoms with E-state index in [1.807, 2.05) is 0 Å². The summed E-state index contributed by atoms with van der Waals surface area (Å²) in [4.78, 5) is 2.62. The molecule has 1 saturated carbocycles. The third-order valence-electron chi connectivity index (χ3n) is 6.18. The molecule has 0 aromatic carbocycles. The average Bonchev–Trinajstić information content (AvgIpc) is 2.73. The first-order chi connectivity index (χ1) is 9.70. The van der Waals surface area contributed by atoms with Crippen molar-refractivity contribution in [2.75, 3.05) is 13.1 Å². The molecule has 1 aliphatic heterocycles. The van der Waals surface area contributed by atoms with Crippen LogP contribution in [0, 0.1) is 23.7 Å². The molecule has 3 heteroatoms. The van der Waals surface area contributed by atoms with Crippen molar-refractivity contribution >= 4 is 45.2 Å². The second-order valence-corrected chi connectivity index (χ2v) is 12.6. The summed E-state index contributed by atoms with van der Waals surface area (Å²) in [6, 6.07) is 0.728. The highest BCUT2D eigenvalue weighted by atomic mass is 127. The summed E-state index contributed by atoms with van der Waals surface area (Å²) in [5.74, 6) is 3.78. The fraction of sp³-hybridized carbons (Fsp3) is 1.00. The van der Waals surface area contributed by atoms with Gasteiger partial charge in [-0.15, -0.1) is 0 Å². The third-order valence-corrected chi connectivity index (χ3v) is 8.52. The summed E-state index contributed by atoms with van der Waals surface area (Å²) in [5.41, 5.74) is 0. The summed E-state index contributed by atoms with van der Waals surface area (Å²) in [6.45, 7) is 14.7. The zero-order valence-corrected chi connectivity index (χ0v) is 18.7. The Hall–Kier alpha value is 1.42. The summed E-state index contributed by atoms with van der Waals surface area (Å²) in [7, 11) is 0. The fourth-order valence-electron chi connectivity index (χ4n) is 4.26. The van der Waals surface area contributed by atoms with Crippen LogP contribution in [-0.4, -0.2) is 31.4 Å². The predicted octanol–water partition coefficient (Wildman–Crippen LogP) is 5.79. The fourth-order valence-corrected chi connectivity index (χ4v) is 6.01. The lowest BCUT2D eigenvalue weighted by molar-refractivity contribution is 0.0437. The molecule has 0 amide bonds. The Morgan fingerprint density at radius 2 is 1.67 bits per heavy atom. The van der Waals surface area contributed by atoms with Crippen molar-refractivity contribution in [3.63, 3.8) is 0 Å². The Labute approximate surface area is 159 Å². The zero-order chi connectivity index (χ0) is 15.8. The number of hydrogen-bond donors (Lipinski definition) is 0. The van der Waals surface area contributed by atoms with Gasteiger partial charge in [0.2, 0.25) is 0 Å². The lowest BCUT2D eigenvalue weighted by atomic mass is 9.77. The molecule has 5 atom stereocenters. The van der Waals surface area contributed by atoms with Gasteiger partial charge in [-0.05, 0) is 63.2 Å². The molecule has 0 spiro atoms. The van der Waals surface area contributed by atoms with E-state index < -0.39 is 0 Å². The first-order valence-electron chi connectivity index (χ1n) is 8.77. The molecule has 124 valence electrons. The molecule has 2 fully saturated rings. The van der Waals surface area contributed by atoms with Gasteiger partial charge in [-0.3, -0.25) is 0 Å². The third kappa shape index (κ3) is 4.71. The van der Waals surface area contributed by atoms with Crippen LogP contribution in [0.25, 0.3) is 0 Å². The van der Waals surface area contributed by atoms with E-state index in [1.54, 1.807) is 0 Å². The van der Waals surface area contributed by atoms with Gasteiger partial charge in [-0.1, -0.05) is 66.0 Å². The molecule has 0 aromatic heterocycles. The minimum absolute atomic E-state index is 0.497. The van der Waals surface area contributed by atoms with Gasteiger partial charge in [0.1, 0.15) is 0 Å². The van der Waals surface area contributed by atoms with Gasteiger partial charge < -0.3 is 4.90 Å². The Balaban J connectivity index is 1.81. The molecule has 2 aliphatic rings. The SMILES string of the molecule is CC(CC(C)(I)C1CN(C(C)C)C1)C1CCC([C@H](C)I)C1. The minimum atomic E-state index is 0.497. The van der Waals surface area contributed by atoms with Crippen molar-refractivity contribution in [2.45, 2.75) is 73.7 Å². The Morgan fingerprint density at radius 3 is 2.14 bits per heavy atom. The standard InChI is InChI=1S/C18H33I2N/c1-12(2)21-10-17(11-21)18(5,20)9-13(3)15-6-7-16(8-15)14(4)19/h12-17H,6-11H2,1-5H3/t13?,14-,15?,16?,18?/m0/s1.